The van der Waals surface area contributed by atoms with Gasteiger partial charge in [0.25, 0.3) is 5.91 Å². The zero-order valence-electron chi connectivity index (χ0n) is 16.8. The van der Waals surface area contributed by atoms with Gasteiger partial charge in [0.05, 0.1) is 12.0 Å². The lowest BCUT2D eigenvalue weighted by atomic mass is 10.1. The highest BCUT2D eigenvalue weighted by molar-refractivity contribution is 7.99. The highest BCUT2D eigenvalue weighted by Crippen LogP contribution is 2.27. The normalized spacial score (nSPS) is 12.4. The number of fused-ring (bicyclic) bond motifs is 1. The van der Waals surface area contributed by atoms with Crippen LogP contribution in [0.4, 0.5) is 4.39 Å². The van der Waals surface area contributed by atoms with Gasteiger partial charge in [-0.25, -0.2) is 9.37 Å². The van der Waals surface area contributed by atoms with E-state index in [1.54, 1.807) is 36.5 Å². The van der Waals surface area contributed by atoms with E-state index in [9.17, 15) is 14.0 Å². The molecule has 0 saturated heterocycles. The van der Waals surface area contributed by atoms with Crippen LogP contribution in [0, 0.1) is 5.82 Å². The predicted octanol–water partition coefficient (Wildman–Crippen LogP) is 4.34. The highest BCUT2D eigenvalue weighted by atomic mass is 32.2. The minimum atomic E-state index is -0.257. The van der Waals surface area contributed by atoms with Crippen LogP contribution in [0.15, 0.2) is 65.8 Å². The fourth-order valence-corrected chi connectivity index (χ4v) is 4.25. The van der Waals surface area contributed by atoms with Crippen LogP contribution in [0.1, 0.15) is 33.5 Å². The maximum absolute atomic E-state index is 13.0. The van der Waals surface area contributed by atoms with Crippen LogP contribution in [-0.2, 0) is 24.2 Å². The smallest absolute Gasteiger partial charge is 0.315 e. The summed E-state index contributed by atoms with van der Waals surface area (Å²) in [6, 6.07) is 15.5. The van der Waals surface area contributed by atoms with Crippen molar-refractivity contribution in [1.29, 1.82) is 0 Å². The molecule has 0 atom stereocenters. The van der Waals surface area contributed by atoms with Crippen molar-refractivity contribution in [2.45, 2.75) is 30.8 Å². The third-order valence-corrected chi connectivity index (χ3v) is 6.01. The van der Waals surface area contributed by atoms with Crippen LogP contribution in [0.5, 0.6) is 5.75 Å². The summed E-state index contributed by atoms with van der Waals surface area (Å²) in [4.78, 5) is 28.5. The van der Waals surface area contributed by atoms with Crippen molar-refractivity contribution in [2.24, 2.45) is 0 Å². The molecule has 0 fully saturated rings. The first kappa shape index (κ1) is 21.1. The number of aromatic nitrogens is 1. The van der Waals surface area contributed by atoms with Crippen LogP contribution in [0.25, 0.3) is 0 Å². The summed E-state index contributed by atoms with van der Waals surface area (Å²) in [6.45, 7) is 0.327. The summed E-state index contributed by atoms with van der Waals surface area (Å²) in [7, 11) is 0. The van der Waals surface area contributed by atoms with Gasteiger partial charge in [0.2, 0.25) is 0 Å². The number of amides is 1. The number of esters is 1. The Hall–Kier alpha value is -3.19. The molecule has 5 nitrogen and oxygen atoms in total. The number of halogens is 1. The highest BCUT2D eigenvalue weighted by Gasteiger charge is 2.20. The van der Waals surface area contributed by atoms with E-state index in [2.05, 4.69) is 10.3 Å². The Balaban J connectivity index is 1.31. The topological polar surface area (TPSA) is 68.3 Å². The third kappa shape index (κ3) is 5.49. The molecule has 0 saturated carbocycles. The number of benzene rings is 2. The number of pyridine rings is 1. The van der Waals surface area contributed by atoms with E-state index in [0.29, 0.717) is 29.3 Å². The molecule has 0 spiro atoms. The summed E-state index contributed by atoms with van der Waals surface area (Å²) >= 11 is 1.53. The lowest BCUT2D eigenvalue weighted by molar-refractivity contribution is -0.131. The van der Waals surface area contributed by atoms with E-state index in [0.717, 1.165) is 35.3 Å². The minimum Gasteiger partial charge on any atom is -0.426 e. The van der Waals surface area contributed by atoms with E-state index in [-0.39, 0.29) is 17.7 Å². The summed E-state index contributed by atoms with van der Waals surface area (Å²) < 4.78 is 18.2. The summed E-state index contributed by atoms with van der Waals surface area (Å²) in [5, 5.41) is 3.59. The standard InChI is InChI=1S/C24H21FN2O3S/c25-19-9-6-16(7-10-19)3-2-12-31-24-20(4-1-11-26-24)23(29)27-15-17-5-8-18-14-22(28)30-21(18)13-17/h1,4-11,13H,2-3,12,14-15H2,(H,27,29). The molecule has 4 rings (SSSR count). The number of carbonyl (C=O) groups is 2. The second kappa shape index (κ2) is 9.75. The number of hydrogen-bond acceptors (Lipinski definition) is 5. The zero-order chi connectivity index (χ0) is 21.6. The Labute approximate surface area is 184 Å². The molecule has 1 aliphatic heterocycles. The molecule has 1 amide bonds. The van der Waals surface area contributed by atoms with Gasteiger partial charge in [-0.2, -0.15) is 0 Å². The number of aryl methyl sites for hydroxylation is 1. The molecule has 7 heteroatoms. The number of nitrogens with zero attached hydrogens (tertiary/aromatic N) is 1. The first-order valence-corrected chi connectivity index (χ1v) is 11.0. The molecule has 1 aromatic heterocycles. The summed E-state index contributed by atoms with van der Waals surface area (Å²) in [6.07, 6.45) is 3.69. The van der Waals surface area contributed by atoms with Crippen molar-refractivity contribution in [3.05, 3.63) is 88.9 Å². The van der Waals surface area contributed by atoms with Crippen molar-refractivity contribution in [3.63, 3.8) is 0 Å². The fourth-order valence-electron chi connectivity index (χ4n) is 3.32. The van der Waals surface area contributed by atoms with Crippen molar-refractivity contribution < 1.29 is 18.7 Å². The van der Waals surface area contributed by atoms with Gasteiger partial charge in [-0.3, -0.25) is 9.59 Å². The Morgan fingerprint density at radius 2 is 1.94 bits per heavy atom. The van der Waals surface area contributed by atoms with Crippen LogP contribution < -0.4 is 10.1 Å². The number of hydrogen-bond donors (Lipinski definition) is 1. The molecule has 2 aromatic carbocycles. The number of rotatable bonds is 8. The zero-order valence-corrected chi connectivity index (χ0v) is 17.6. The van der Waals surface area contributed by atoms with E-state index in [1.807, 2.05) is 12.1 Å². The average Bonchev–Trinajstić information content (AvgIpc) is 3.16. The minimum absolute atomic E-state index is 0.202. The number of nitrogens with one attached hydrogen (secondary N) is 1. The lowest BCUT2D eigenvalue weighted by Crippen LogP contribution is -2.23. The molecule has 2 heterocycles. The SMILES string of the molecule is O=C1Cc2ccc(CNC(=O)c3cccnc3SCCCc3ccc(F)cc3)cc2O1. The Morgan fingerprint density at radius 3 is 2.77 bits per heavy atom. The van der Waals surface area contributed by atoms with E-state index < -0.39 is 0 Å². The molecule has 3 aromatic rings. The van der Waals surface area contributed by atoms with E-state index in [4.69, 9.17) is 4.74 Å². The first-order chi connectivity index (χ1) is 15.1. The maximum atomic E-state index is 13.0. The number of ether oxygens (including phenoxy) is 1. The molecule has 31 heavy (non-hydrogen) atoms. The second-order valence-corrected chi connectivity index (χ2v) is 8.29. The van der Waals surface area contributed by atoms with E-state index in [1.165, 1.54) is 23.9 Å². The molecule has 158 valence electrons. The van der Waals surface area contributed by atoms with Crippen LogP contribution >= 0.6 is 11.8 Å². The van der Waals surface area contributed by atoms with Crippen LogP contribution in [0.3, 0.4) is 0 Å². The quantitative estimate of drug-likeness (QED) is 0.246. The van der Waals surface area contributed by atoms with E-state index >= 15 is 0 Å². The Morgan fingerprint density at radius 1 is 1.13 bits per heavy atom. The van der Waals surface area contributed by atoms with Crippen molar-refractivity contribution in [2.75, 3.05) is 5.75 Å². The van der Waals surface area contributed by atoms with Crippen molar-refractivity contribution in [3.8, 4) is 5.75 Å². The molecule has 1 aliphatic rings. The van der Waals surface area contributed by atoms with Crippen molar-refractivity contribution in [1.82, 2.24) is 10.3 Å². The third-order valence-electron chi connectivity index (χ3n) is 4.92. The van der Waals surface area contributed by atoms with Gasteiger partial charge in [0.15, 0.2) is 0 Å². The fraction of sp³-hybridized carbons (Fsp3) is 0.208. The second-order valence-electron chi connectivity index (χ2n) is 7.21. The molecular formula is C24H21FN2O3S. The Bertz CT molecular complexity index is 1100. The predicted molar refractivity (Wildman–Crippen MR) is 117 cm³/mol. The number of thioether (sulfide) groups is 1. The molecular weight excluding hydrogens is 415 g/mol. The number of carbonyl (C=O) groups excluding carboxylic acids is 2. The van der Waals surface area contributed by atoms with Crippen LogP contribution in [0.2, 0.25) is 0 Å². The van der Waals surface area contributed by atoms with Gasteiger partial charge >= 0.3 is 5.97 Å². The average molecular weight is 437 g/mol. The summed E-state index contributed by atoms with van der Waals surface area (Å²) in [5.74, 6) is 0.670. The van der Waals surface area contributed by atoms with Gasteiger partial charge in [0, 0.05) is 18.3 Å². The van der Waals surface area contributed by atoms with Gasteiger partial charge in [0.1, 0.15) is 16.6 Å². The molecule has 0 bridgehead atoms. The molecule has 1 N–H and O–H groups in total. The largest absolute Gasteiger partial charge is 0.426 e. The maximum Gasteiger partial charge on any atom is 0.315 e. The van der Waals surface area contributed by atoms with Gasteiger partial charge in [-0.15, -0.1) is 11.8 Å². The first-order valence-electron chi connectivity index (χ1n) is 10.0. The monoisotopic (exact) mass is 436 g/mol. The van der Waals surface area contributed by atoms with Gasteiger partial charge in [-0.1, -0.05) is 24.3 Å². The lowest BCUT2D eigenvalue weighted by Gasteiger charge is -2.10. The van der Waals surface area contributed by atoms with Crippen LogP contribution in [-0.4, -0.2) is 22.6 Å². The molecule has 0 aliphatic carbocycles. The van der Waals surface area contributed by atoms with Crippen molar-refractivity contribution >= 4 is 23.6 Å². The van der Waals surface area contributed by atoms with Gasteiger partial charge < -0.3 is 10.1 Å². The summed E-state index contributed by atoms with van der Waals surface area (Å²) in [5.41, 5.74) is 3.34. The Kier molecular flexibility index (Phi) is 6.62. The molecule has 0 radical (unpaired) electrons. The van der Waals surface area contributed by atoms with Gasteiger partial charge in [-0.05, 0) is 60.1 Å². The molecule has 0 unspecified atom stereocenters.